The van der Waals surface area contributed by atoms with Crippen molar-refractivity contribution >= 4 is 0 Å². The molecule has 15 heavy (non-hydrogen) atoms. The van der Waals surface area contributed by atoms with Gasteiger partial charge in [-0.25, -0.2) is 0 Å². The van der Waals surface area contributed by atoms with E-state index in [1.807, 2.05) is 37.3 Å². The molecule has 0 amide bonds. The van der Waals surface area contributed by atoms with Crippen LogP contribution in [-0.4, -0.2) is 10.7 Å². The van der Waals surface area contributed by atoms with Gasteiger partial charge in [-0.3, -0.25) is 0 Å². The van der Waals surface area contributed by atoms with Crippen LogP contribution in [-0.2, 0) is 0 Å². The van der Waals surface area contributed by atoms with E-state index >= 15 is 0 Å². The van der Waals surface area contributed by atoms with Gasteiger partial charge in [0, 0.05) is 5.56 Å². The summed E-state index contributed by atoms with van der Waals surface area (Å²) in [6.45, 7) is 3.57. The van der Waals surface area contributed by atoms with Gasteiger partial charge in [-0.15, -0.1) is 0 Å². The summed E-state index contributed by atoms with van der Waals surface area (Å²) >= 11 is 0. The van der Waals surface area contributed by atoms with E-state index in [0.717, 1.165) is 5.56 Å². The predicted octanol–water partition coefficient (Wildman–Crippen LogP) is 2.20. The normalized spacial score (nSPS) is 12.7. The third kappa shape index (κ3) is 4.36. The summed E-state index contributed by atoms with van der Waals surface area (Å²) in [6, 6.07) is 9.65. The summed E-state index contributed by atoms with van der Waals surface area (Å²) in [5.74, 6) is 11.0. The SMILES string of the molecule is CC[C@@](C)(O)C#CC#Cc1ccccc1. The molecule has 1 atom stereocenters. The van der Waals surface area contributed by atoms with Gasteiger partial charge < -0.3 is 5.11 Å². The fourth-order valence-corrected chi connectivity index (χ4v) is 0.879. The maximum atomic E-state index is 9.58. The van der Waals surface area contributed by atoms with Crippen molar-refractivity contribution in [2.24, 2.45) is 0 Å². The first-order chi connectivity index (χ1) is 7.14. The molecule has 0 spiro atoms. The Labute approximate surface area is 91.1 Å². The highest BCUT2D eigenvalue weighted by Crippen LogP contribution is 2.04. The summed E-state index contributed by atoms with van der Waals surface area (Å²) < 4.78 is 0. The van der Waals surface area contributed by atoms with Crippen LogP contribution in [0.4, 0.5) is 0 Å². The quantitative estimate of drug-likeness (QED) is 0.686. The highest BCUT2D eigenvalue weighted by molar-refractivity contribution is 5.40. The third-order valence-corrected chi connectivity index (χ3v) is 2.06. The Balaban J connectivity index is 2.69. The first-order valence-corrected chi connectivity index (χ1v) is 4.94. The Bertz CT molecular complexity index is 421. The zero-order valence-corrected chi connectivity index (χ0v) is 9.04. The second kappa shape index (κ2) is 5.25. The Kier molecular flexibility index (Phi) is 3.98. The summed E-state index contributed by atoms with van der Waals surface area (Å²) in [4.78, 5) is 0. The molecule has 0 aliphatic rings. The topological polar surface area (TPSA) is 20.2 Å². The summed E-state index contributed by atoms with van der Waals surface area (Å²) in [5.41, 5.74) is 0.00805. The van der Waals surface area contributed by atoms with Gasteiger partial charge in [0.15, 0.2) is 0 Å². The van der Waals surface area contributed by atoms with Crippen LogP contribution in [0, 0.1) is 23.7 Å². The van der Waals surface area contributed by atoms with Crippen molar-refractivity contribution in [2.75, 3.05) is 0 Å². The molecule has 0 aromatic heterocycles. The molecule has 0 saturated carbocycles. The molecule has 76 valence electrons. The van der Waals surface area contributed by atoms with Gasteiger partial charge in [-0.2, -0.15) is 0 Å². The maximum absolute atomic E-state index is 9.58. The second-order valence-corrected chi connectivity index (χ2v) is 3.49. The van der Waals surface area contributed by atoms with Crippen molar-refractivity contribution in [1.82, 2.24) is 0 Å². The lowest BCUT2D eigenvalue weighted by Gasteiger charge is -2.10. The van der Waals surface area contributed by atoms with E-state index in [-0.39, 0.29) is 0 Å². The number of hydrogen-bond donors (Lipinski definition) is 1. The van der Waals surface area contributed by atoms with Crippen molar-refractivity contribution in [3.05, 3.63) is 35.9 Å². The van der Waals surface area contributed by atoms with Gasteiger partial charge in [0.25, 0.3) is 0 Å². The Morgan fingerprint density at radius 1 is 1.20 bits per heavy atom. The fourth-order valence-electron chi connectivity index (χ4n) is 0.879. The fraction of sp³-hybridized carbons (Fsp3) is 0.286. The van der Waals surface area contributed by atoms with Crippen molar-refractivity contribution < 1.29 is 5.11 Å². The van der Waals surface area contributed by atoms with Crippen LogP contribution >= 0.6 is 0 Å². The van der Waals surface area contributed by atoms with E-state index in [1.54, 1.807) is 6.92 Å². The minimum absolute atomic E-state index is 0.604. The molecule has 1 heteroatoms. The van der Waals surface area contributed by atoms with Gasteiger partial charge in [0.05, 0.1) is 0 Å². The number of hydrogen-bond acceptors (Lipinski definition) is 1. The van der Waals surface area contributed by atoms with Crippen LogP contribution in [0.15, 0.2) is 30.3 Å². The first-order valence-electron chi connectivity index (χ1n) is 4.94. The minimum Gasteiger partial charge on any atom is -0.378 e. The molecule has 0 saturated heterocycles. The van der Waals surface area contributed by atoms with Crippen molar-refractivity contribution in [3.8, 4) is 23.7 Å². The molecule has 0 unspecified atom stereocenters. The molecule has 1 aromatic rings. The van der Waals surface area contributed by atoms with E-state index in [0.29, 0.717) is 6.42 Å². The van der Waals surface area contributed by atoms with Gasteiger partial charge in [0.2, 0.25) is 0 Å². The van der Waals surface area contributed by atoms with Crippen LogP contribution in [0.1, 0.15) is 25.8 Å². The molecule has 1 nitrogen and oxygen atoms in total. The molecule has 1 aromatic carbocycles. The van der Waals surface area contributed by atoms with E-state index < -0.39 is 5.60 Å². The number of benzene rings is 1. The maximum Gasteiger partial charge on any atom is 0.123 e. The van der Waals surface area contributed by atoms with Crippen LogP contribution in [0.2, 0.25) is 0 Å². The van der Waals surface area contributed by atoms with E-state index in [9.17, 15) is 5.11 Å². The lowest BCUT2D eigenvalue weighted by Crippen LogP contribution is -2.19. The third-order valence-electron chi connectivity index (χ3n) is 2.06. The molecule has 0 bridgehead atoms. The monoisotopic (exact) mass is 198 g/mol. The molecule has 0 heterocycles. The van der Waals surface area contributed by atoms with Gasteiger partial charge in [0.1, 0.15) is 5.60 Å². The summed E-state index contributed by atoms with van der Waals surface area (Å²) in [5, 5.41) is 9.58. The van der Waals surface area contributed by atoms with Crippen molar-refractivity contribution in [1.29, 1.82) is 0 Å². The second-order valence-electron chi connectivity index (χ2n) is 3.49. The lowest BCUT2D eigenvalue weighted by atomic mass is 10.1. The first kappa shape index (κ1) is 11.4. The van der Waals surface area contributed by atoms with Gasteiger partial charge >= 0.3 is 0 Å². The molecule has 1 N–H and O–H groups in total. The largest absolute Gasteiger partial charge is 0.378 e. The standard InChI is InChI=1S/C14H14O/c1-3-14(2,15)12-8-7-11-13-9-5-4-6-10-13/h4-6,9-10,15H,3H2,1-2H3/t14-/m1/s1. The highest BCUT2D eigenvalue weighted by atomic mass is 16.3. The Morgan fingerprint density at radius 3 is 2.47 bits per heavy atom. The Morgan fingerprint density at radius 2 is 1.87 bits per heavy atom. The molecule has 0 radical (unpaired) electrons. The molecule has 1 rings (SSSR count). The van der Waals surface area contributed by atoms with Crippen molar-refractivity contribution in [3.63, 3.8) is 0 Å². The van der Waals surface area contributed by atoms with Crippen LogP contribution < -0.4 is 0 Å². The van der Waals surface area contributed by atoms with Crippen LogP contribution in [0.5, 0.6) is 0 Å². The van der Waals surface area contributed by atoms with Gasteiger partial charge in [-0.05, 0) is 37.3 Å². The zero-order chi connectivity index (χ0) is 11.1. The lowest BCUT2D eigenvalue weighted by molar-refractivity contribution is 0.118. The van der Waals surface area contributed by atoms with E-state index in [2.05, 4.69) is 23.7 Å². The average Bonchev–Trinajstić information content (AvgIpc) is 2.26. The number of aliphatic hydroxyl groups is 1. The van der Waals surface area contributed by atoms with E-state index in [1.165, 1.54) is 0 Å². The Hall–Kier alpha value is -1.70. The molecular weight excluding hydrogens is 184 g/mol. The molecule has 0 aliphatic heterocycles. The average molecular weight is 198 g/mol. The predicted molar refractivity (Wildman–Crippen MR) is 62.0 cm³/mol. The van der Waals surface area contributed by atoms with Gasteiger partial charge in [-0.1, -0.05) is 37.0 Å². The highest BCUT2D eigenvalue weighted by Gasteiger charge is 2.11. The summed E-state index contributed by atoms with van der Waals surface area (Å²) in [7, 11) is 0. The molecular formula is C14H14O. The minimum atomic E-state index is -0.925. The van der Waals surface area contributed by atoms with Crippen LogP contribution in [0.25, 0.3) is 0 Å². The number of rotatable bonds is 1. The smallest absolute Gasteiger partial charge is 0.123 e. The summed E-state index contributed by atoms with van der Waals surface area (Å²) in [6.07, 6.45) is 0.604. The molecule has 0 aliphatic carbocycles. The van der Waals surface area contributed by atoms with Crippen molar-refractivity contribution in [2.45, 2.75) is 25.9 Å². The zero-order valence-electron chi connectivity index (χ0n) is 9.04. The molecule has 0 fully saturated rings. The van der Waals surface area contributed by atoms with Crippen LogP contribution in [0.3, 0.4) is 0 Å². The van der Waals surface area contributed by atoms with E-state index in [4.69, 9.17) is 0 Å².